The van der Waals surface area contributed by atoms with Crippen LogP contribution in [-0.4, -0.2) is 35.9 Å². The Kier molecular flexibility index (Phi) is 3.29. The molecule has 1 aromatic rings. The number of anilines is 1. The van der Waals surface area contributed by atoms with E-state index in [9.17, 15) is 4.79 Å². The van der Waals surface area contributed by atoms with Gasteiger partial charge in [-0.25, -0.2) is 0 Å². The number of amides is 1. The average Bonchev–Trinajstić information content (AvgIpc) is 2.66. The summed E-state index contributed by atoms with van der Waals surface area (Å²) < 4.78 is 0. The summed E-state index contributed by atoms with van der Waals surface area (Å²) in [6.45, 7) is 3.84. The van der Waals surface area contributed by atoms with Crippen molar-refractivity contribution in [3.8, 4) is 0 Å². The van der Waals surface area contributed by atoms with Gasteiger partial charge in [-0.2, -0.15) is 0 Å². The van der Waals surface area contributed by atoms with Crippen LogP contribution in [0.4, 0.5) is 5.82 Å². The molecule has 2 rings (SSSR count). The molecule has 0 aliphatic carbocycles. The van der Waals surface area contributed by atoms with Crippen molar-refractivity contribution in [3.63, 3.8) is 0 Å². The Hall–Kier alpha value is -1.29. The maximum atomic E-state index is 10.9. The van der Waals surface area contributed by atoms with Crippen molar-refractivity contribution in [1.29, 1.82) is 0 Å². The fourth-order valence-corrected chi connectivity index (χ4v) is 2.25. The standard InChI is InChI=1S/C12H19N3O/c1-9(16)14-12-7-11(8-13-12)10-3-5-15(2)6-4-10/h7-8,10,13H,3-6H2,1-2H3,(H,14,16). The van der Waals surface area contributed by atoms with Crippen LogP contribution in [0.3, 0.4) is 0 Å². The molecule has 0 atom stereocenters. The van der Waals surface area contributed by atoms with E-state index in [1.54, 1.807) is 0 Å². The van der Waals surface area contributed by atoms with E-state index < -0.39 is 0 Å². The lowest BCUT2D eigenvalue weighted by atomic mass is 9.91. The molecular formula is C12H19N3O. The van der Waals surface area contributed by atoms with Gasteiger partial charge in [-0.05, 0) is 50.5 Å². The molecule has 0 saturated carbocycles. The first-order valence-corrected chi connectivity index (χ1v) is 5.79. The van der Waals surface area contributed by atoms with Gasteiger partial charge in [0, 0.05) is 13.1 Å². The zero-order valence-corrected chi connectivity index (χ0v) is 9.92. The zero-order chi connectivity index (χ0) is 11.5. The zero-order valence-electron chi connectivity index (χ0n) is 9.92. The number of hydrogen-bond acceptors (Lipinski definition) is 2. The average molecular weight is 221 g/mol. The molecule has 1 aliphatic rings. The summed E-state index contributed by atoms with van der Waals surface area (Å²) in [6, 6.07) is 2.05. The van der Waals surface area contributed by atoms with Gasteiger partial charge in [-0.15, -0.1) is 0 Å². The van der Waals surface area contributed by atoms with Crippen LogP contribution in [0.1, 0.15) is 31.2 Å². The summed E-state index contributed by atoms with van der Waals surface area (Å²) in [5.74, 6) is 1.41. The smallest absolute Gasteiger partial charge is 0.222 e. The number of aromatic amines is 1. The van der Waals surface area contributed by atoms with Crippen LogP contribution in [0, 0.1) is 0 Å². The van der Waals surface area contributed by atoms with Gasteiger partial charge in [0.05, 0.1) is 0 Å². The highest BCUT2D eigenvalue weighted by Crippen LogP contribution is 2.28. The number of carbonyl (C=O) groups excluding carboxylic acids is 1. The Morgan fingerprint density at radius 1 is 1.50 bits per heavy atom. The quantitative estimate of drug-likeness (QED) is 0.799. The highest BCUT2D eigenvalue weighted by atomic mass is 16.1. The van der Waals surface area contributed by atoms with E-state index in [1.807, 2.05) is 6.20 Å². The van der Waals surface area contributed by atoms with Gasteiger partial charge in [-0.3, -0.25) is 4.79 Å². The first kappa shape index (κ1) is 11.2. The van der Waals surface area contributed by atoms with Gasteiger partial charge >= 0.3 is 0 Å². The Morgan fingerprint density at radius 2 is 2.19 bits per heavy atom. The lowest BCUT2D eigenvalue weighted by molar-refractivity contribution is -0.114. The maximum Gasteiger partial charge on any atom is 0.222 e. The normalized spacial score (nSPS) is 18.6. The number of carbonyl (C=O) groups is 1. The van der Waals surface area contributed by atoms with Crippen LogP contribution < -0.4 is 5.32 Å². The summed E-state index contributed by atoms with van der Waals surface area (Å²) in [5, 5.41) is 2.77. The van der Waals surface area contributed by atoms with E-state index >= 15 is 0 Å². The summed E-state index contributed by atoms with van der Waals surface area (Å²) >= 11 is 0. The van der Waals surface area contributed by atoms with Crippen molar-refractivity contribution in [3.05, 3.63) is 17.8 Å². The van der Waals surface area contributed by atoms with E-state index in [-0.39, 0.29) is 5.91 Å². The van der Waals surface area contributed by atoms with Crippen molar-refractivity contribution in [1.82, 2.24) is 9.88 Å². The first-order chi connectivity index (χ1) is 7.65. The SMILES string of the molecule is CC(=O)Nc1cc(C2CCN(C)CC2)c[nH]1. The molecule has 16 heavy (non-hydrogen) atoms. The molecule has 1 aromatic heterocycles. The minimum Gasteiger partial charge on any atom is -0.348 e. The molecule has 4 heteroatoms. The van der Waals surface area contributed by atoms with Crippen LogP contribution in [0.2, 0.25) is 0 Å². The Morgan fingerprint density at radius 3 is 2.81 bits per heavy atom. The van der Waals surface area contributed by atoms with E-state index in [0.717, 1.165) is 18.9 Å². The minimum absolute atomic E-state index is 0.0308. The van der Waals surface area contributed by atoms with Gasteiger partial charge < -0.3 is 15.2 Å². The number of hydrogen-bond donors (Lipinski definition) is 2. The number of nitrogens with zero attached hydrogens (tertiary/aromatic N) is 1. The number of H-pyrrole nitrogens is 1. The number of likely N-dealkylation sites (tertiary alicyclic amines) is 1. The number of rotatable bonds is 2. The third-order valence-electron chi connectivity index (χ3n) is 3.21. The highest BCUT2D eigenvalue weighted by Gasteiger charge is 2.19. The highest BCUT2D eigenvalue weighted by molar-refractivity contribution is 5.87. The Bertz CT molecular complexity index is 364. The summed E-state index contributed by atoms with van der Waals surface area (Å²) in [7, 11) is 2.16. The Balaban J connectivity index is 1.99. The summed E-state index contributed by atoms with van der Waals surface area (Å²) in [6.07, 6.45) is 4.42. The predicted molar refractivity (Wildman–Crippen MR) is 64.6 cm³/mol. The molecule has 0 radical (unpaired) electrons. The predicted octanol–water partition coefficient (Wildman–Crippen LogP) is 1.78. The number of aromatic nitrogens is 1. The molecule has 0 unspecified atom stereocenters. The lowest BCUT2D eigenvalue weighted by Crippen LogP contribution is -2.29. The van der Waals surface area contributed by atoms with Gasteiger partial charge in [-0.1, -0.05) is 0 Å². The van der Waals surface area contributed by atoms with Crippen molar-refractivity contribution < 1.29 is 4.79 Å². The molecule has 4 nitrogen and oxygen atoms in total. The van der Waals surface area contributed by atoms with Gasteiger partial charge in [0.15, 0.2) is 0 Å². The van der Waals surface area contributed by atoms with Crippen LogP contribution in [0.25, 0.3) is 0 Å². The summed E-state index contributed by atoms with van der Waals surface area (Å²) in [5.41, 5.74) is 1.32. The minimum atomic E-state index is -0.0308. The second-order valence-electron chi connectivity index (χ2n) is 4.61. The van der Waals surface area contributed by atoms with Crippen molar-refractivity contribution in [2.75, 3.05) is 25.5 Å². The molecule has 2 N–H and O–H groups in total. The maximum absolute atomic E-state index is 10.9. The van der Waals surface area contributed by atoms with Crippen molar-refractivity contribution in [2.45, 2.75) is 25.7 Å². The molecule has 1 fully saturated rings. The monoisotopic (exact) mass is 221 g/mol. The van der Waals surface area contributed by atoms with Gasteiger partial charge in [0.2, 0.25) is 5.91 Å². The molecule has 1 amide bonds. The van der Waals surface area contributed by atoms with E-state index in [0.29, 0.717) is 5.92 Å². The fraction of sp³-hybridized carbons (Fsp3) is 0.583. The molecule has 1 saturated heterocycles. The third kappa shape index (κ3) is 2.64. The molecule has 2 heterocycles. The van der Waals surface area contributed by atoms with E-state index in [4.69, 9.17) is 0 Å². The van der Waals surface area contributed by atoms with E-state index in [1.165, 1.54) is 25.3 Å². The molecule has 88 valence electrons. The van der Waals surface area contributed by atoms with Crippen LogP contribution in [0.5, 0.6) is 0 Å². The van der Waals surface area contributed by atoms with Crippen LogP contribution in [-0.2, 0) is 4.79 Å². The Labute approximate surface area is 96.0 Å². The topological polar surface area (TPSA) is 48.1 Å². The molecule has 0 spiro atoms. The number of piperidine rings is 1. The van der Waals surface area contributed by atoms with Gasteiger partial charge in [0.25, 0.3) is 0 Å². The summed E-state index contributed by atoms with van der Waals surface area (Å²) in [4.78, 5) is 16.4. The van der Waals surface area contributed by atoms with Crippen molar-refractivity contribution >= 4 is 11.7 Å². The molecule has 0 bridgehead atoms. The van der Waals surface area contributed by atoms with E-state index in [2.05, 4.69) is 28.3 Å². The molecule has 0 aromatic carbocycles. The first-order valence-electron chi connectivity index (χ1n) is 5.79. The third-order valence-corrected chi connectivity index (χ3v) is 3.21. The lowest BCUT2D eigenvalue weighted by Gasteiger charge is -2.28. The van der Waals surface area contributed by atoms with Crippen LogP contribution in [0.15, 0.2) is 12.3 Å². The van der Waals surface area contributed by atoms with Gasteiger partial charge in [0.1, 0.15) is 5.82 Å². The molecule has 1 aliphatic heterocycles. The fourth-order valence-electron chi connectivity index (χ4n) is 2.25. The second-order valence-corrected chi connectivity index (χ2v) is 4.61. The largest absolute Gasteiger partial charge is 0.348 e. The number of nitrogens with one attached hydrogen (secondary N) is 2. The molecular weight excluding hydrogens is 202 g/mol. The second kappa shape index (κ2) is 4.70. The van der Waals surface area contributed by atoms with Crippen molar-refractivity contribution in [2.24, 2.45) is 0 Å². The van der Waals surface area contributed by atoms with Crippen LogP contribution >= 0.6 is 0 Å².